The molecule has 0 radical (unpaired) electrons. The van der Waals surface area contributed by atoms with Crippen molar-refractivity contribution in [3.05, 3.63) is 58.6 Å². The molecule has 0 atom stereocenters. The normalized spacial score (nSPS) is 11.7. The summed E-state index contributed by atoms with van der Waals surface area (Å²) in [6.07, 6.45) is 0. The molecule has 2 aromatic carbocycles. The van der Waals surface area contributed by atoms with Crippen LogP contribution in [0.4, 0.5) is 4.39 Å². The lowest BCUT2D eigenvalue weighted by Gasteiger charge is -2.07. The summed E-state index contributed by atoms with van der Waals surface area (Å²) >= 11 is 6.05. The predicted molar refractivity (Wildman–Crippen MR) is 93.2 cm³/mol. The molecule has 0 saturated heterocycles. The van der Waals surface area contributed by atoms with Gasteiger partial charge in [-0.1, -0.05) is 28.9 Å². The van der Waals surface area contributed by atoms with Crippen LogP contribution in [0.2, 0.25) is 5.02 Å². The van der Waals surface area contributed by atoms with Crippen LogP contribution in [0.3, 0.4) is 0 Å². The minimum atomic E-state index is -4.13. The van der Waals surface area contributed by atoms with Crippen LogP contribution in [-0.4, -0.2) is 13.6 Å². The smallest absolute Gasteiger partial charge is 0.240 e. The van der Waals surface area contributed by atoms with Crippen molar-refractivity contribution < 1.29 is 17.3 Å². The molecule has 0 spiro atoms. The molecular formula is C17H14ClFN2O3S. The monoisotopic (exact) mass is 380 g/mol. The van der Waals surface area contributed by atoms with Crippen molar-refractivity contribution in [1.82, 2.24) is 5.16 Å². The van der Waals surface area contributed by atoms with Crippen LogP contribution in [0, 0.1) is 19.7 Å². The number of rotatable bonds is 3. The van der Waals surface area contributed by atoms with Crippen LogP contribution in [0.5, 0.6) is 0 Å². The van der Waals surface area contributed by atoms with Crippen molar-refractivity contribution in [2.75, 3.05) is 0 Å². The summed E-state index contributed by atoms with van der Waals surface area (Å²) in [5.74, 6) is -0.454. The number of hydrogen-bond donors (Lipinski definition) is 1. The number of nitrogens with two attached hydrogens (primary N) is 1. The number of aryl methyl sites for hydroxylation is 2. The van der Waals surface area contributed by atoms with E-state index >= 15 is 0 Å². The van der Waals surface area contributed by atoms with Gasteiger partial charge >= 0.3 is 0 Å². The number of benzene rings is 2. The summed E-state index contributed by atoms with van der Waals surface area (Å²) in [6, 6.07) is 9.07. The first-order valence-electron chi connectivity index (χ1n) is 7.24. The second-order valence-electron chi connectivity index (χ2n) is 5.62. The number of hydrogen-bond acceptors (Lipinski definition) is 4. The van der Waals surface area contributed by atoms with Crippen molar-refractivity contribution in [3.63, 3.8) is 0 Å². The molecule has 3 aromatic rings. The van der Waals surface area contributed by atoms with E-state index in [2.05, 4.69) is 5.16 Å². The van der Waals surface area contributed by atoms with Crippen molar-refractivity contribution in [1.29, 1.82) is 0 Å². The minimum Gasteiger partial charge on any atom is -0.360 e. The van der Waals surface area contributed by atoms with E-state index in [-0.39, 0.29) is 0 Å². The quantitative estimate of drug-likeness (QED) is 0.742. The van der Waals surface area contributed by atoms with Crippen LogP contribution in [0.25, 0.3) is 22.4 Å². The van der Waals surface area contributed by atoms with Crippen LogP contribution in [-0.2, 0) is 10.0 Å². The fourth-order valence-electron chi connectivity index (χ4n) is 2.59. The first kappa shape index (κ1) is 17.6. The Bertz CT molecular complexity index is 1080. The molecule has 2 N–H and O–H groups in total. The van der Waals surface area contributed by atoms with Gasteiger partial charge in [-0.15, -0.1) is 0 Å². The first-order chi connectivity index (χ1) is 11.7. The van der Waals surface area contributed by atoms with Crippen LogP contribution in [0.1, 0.15) is 11.3 Å². The van der Waals surface area contributed by atoms with E-state index in [4.69, 9.17) is 21.3 Å². The van der Waals surface area contributed by atoms with Gasteiger partial charge in [0.25, 0.3) is 0 Å². The predicted octanol–water partition coefficient (Wildman–Crippen LogP) is 4.07. The van der Waals surface area contributed by atoms with Crippen LogP contribution >= 0.6 is 11.6 Å². The molecule has 0 amide bonds. The van der Waals surface area contributed by atoms with E-state index < -0.39 is 20.7 Å². The Labute approximate surface area is 149 Å². The standard InChI is InChI=1S/C17H14ClFN2O3S/c1-9-7-12(3-5-13(9)18)17-16(10(2)24-21-17)11-4-6-15(14(19)8-11)25(20,22)23/h3-8H,1-2H3,(H2,20,22,23). The molecule has 130 valence electrons. The number of sulfonamides is 1. The van der Waals surface area contributed by atoms with E-state index in [0.29, 0.717) is 27.6 Å². The molecule has 0 fully saturated rings. The topological polar surface area (TPSA) is 86.2 Å². The number of primary sulfonamides is 1. The summed E-state index contributed by atoms with van der Waals surface area (Å²) in [7, 11) is -4.13. The summed E-state index contributed by atoms with van der Waals surface area (Å²) in [5.41, 5.74) is 3.14. The molecule has 0 unspecified atom stereocenters. The molecule has 0 saturated carbocycles. The third-order valence-electron chi connectivity index (χ3n) is 3.82. The van der Waals surface area contributed by atoms with Crippen molar-refractivity contribution in [2.24, 2.45) is 5.14 Å². The average Bonchev–Trinajstić information content (AvgIpc) is 2.90. The summed E-state index contributed by atoms with van der Waals surface area (Å²) in [4.78, 5) is -0.561. The van der Waals surface area contributed by atoms with E-state index in [1.165, 1.54) is 6.07 Å². The van der Waals surface area contributed by atoms with Crippen molar-refractivity contribution >= 4 is 21.6 Å². The van der Waals surface area contributed by atoms with Gasteiger partial charge < -0.3 is 4.52 Å². The van der Waals surface area contributed by atoms with Gasteiger partial charge in [0.15, 0.2) is 0 Å². The van der Waals surface area contributed by atoms with Gasteiger partial charge in [-0.2, -0.15) is 0 Å². The van der Waals surface area contributed by atoms with Gasteiger partial charge in [0.2, 0.25) is 10.0 Å². The fourth-order valence-corrected chi connectivity index (χ4v) is 3.29. The minimum absolute atomic E-state index is 0.436. The highest BCUT2D eigenvalue weighted by Gasteiger charge is 2.20. The van der Waals surface area contributed by atoms with Gasteiger partial charge in [0.1, 0.15) is 22.2 Å². The molecule has 3 rings (SSSR count). The fraction of sp³-hybridized carbons (Fsp3) is 0.118. The number of nitrogens with zero attached hydrogens (tertiary/aromatic N) is 1. The first-order valence-corrected chi connectivity index (χ1v) is 9.16. The maximum atomic E-state index is 14.2. The Morgan fingerprint density at radius 2 is 1.80 bits per heavy atom. The molecule has 0 aliphatic rings. The van der Waals surface area contributed by atoms with Gasteiger partial charge in [-0.3, -0.25) is 0 Å². The van der Waals surface area contributed by atoms with Gasteiger partial charge in [0, 0.05) is 10.6 Å². The average molecular weight is 381 g/mol. The summed E-state index contributed by atoms with van der Waals surface area (Å²) < 4.78 is 42.2. The van der Waals surface area contributed by atoms with Crippen LogP contribution < -0.4 is 5.14 Å². The summed E-state index contributed by atoms with van der Waals surface area (Å²) in [6.45, 7) is 3.55. The van der Waals surface area contributed by atoms with Gasteiger partial charge in [-0.05, 0) is 49.2 Å². The number of aromatic nitrogens is 1. The molecule has 5 nitrogen and oxygen atoms in total. The lowest BCUT2D eigenvalue weighted by atomic mass is 9.98. The lowest BCUT2D eigenvalue weighted by Crippen LogP contribution is -2.13. The zero-order chi connectivity index (χ0) is 18.4. The molecule has 0 bridgehead atoms. The molecule has 1 aromatic heterocycles. The molecule has 8 heteroatoms. The van der Waals surface area contributed by atoms with Crippen molar-refractivity contribution in [2.45, 2.75) is 18.7 Å². The molecule has 1 heterocycles. The van der Waals surface area contributed by atoms with E-state index in [1.807, 2.05) is 13.0 Å². The molecule has 0 aliphatic carbocycles. The second-order valence-corrected chi connectivity index (χ2v) is 7.55. The number of halogens is 2. The van der Waals surface area contributed by atoms with Crippen molar-refractivity contribution in [3.8, 4) is 22.4 Å². The summed E-state index contributed by atoms with van der Waals surface area (Å²) in [5, 5.41) is 9.67. The molecule has 0 aliphatic heterocycles. The van der Waals surface area contributed by atoms with Crippen LogP contribution in [0.15, 0.2) is 45.8 Å². The highest BCUT2D eigenvalue weighted by molar-refractivity contribution is 7.89. The SMILES string of the molecule is Cc1cc(-c2noc(C)c2-c2ccc(S(N)(=O)=O)c(F)c2)ccc1Cl. The molecule has 25 heavy (non-hydrogen) atoms. The highest BCUT2D eigenvalue weighted by Crippen LogP contribution is 2.36. The highest BCUT2D eigenvalue weighted by atomic mass is 35.5. The Kier molecular flexibility index (Phi) is 4.40. The largest absolute Gasteiger partial charge is 0.360 e. The maximum absolute atomic E-state index is 14.2. The zero-order valence-electron chi connectivity index (χ0n) is 13.4. The third-order valence-corrected chi connectivity index (χ3v) is 5.19. The van der Waals surface area contributed by atoms with E-state index in [0.717, 1.165) is 23.3 Å². The molecular weight excluding hydrogens is 367 g/mol. The van der Waals surface area contributed by atoms with E-state index in [1.54, 1.807) is 19.1 Å². The zero-order valence-corrected chi connectivity index (χ0v) is 15.0. The Hall–Kier alpha value is -2.22. The van der Waals surface area contributed by atoms with Gasteiger partial charge in [-0.25, -0.2) is 17.9 Å². The lowest BCUT2D eigenvalue weighted by molar-refractivity contribution is 0.400. The maximum Gasteiger partial charge on any atom is 0.240 e. The second kappa shape index (κ2) is 6.25. The van der Waals surface area contributed by atoms with E-state index in [9.17, 15) is 12.8 Å². The Morgan fingerprint density at radius 1 is 1.12 bits per heavy atom. The Balaban J connectivity index is 2.17. The Morgan fingerprint density at radius 3 is 2.40 bits per heavy atom. The van der Waals surface area contributed by atoms with Gasteiger partial charge in [0.05, 0.1) is 5.56 Å². The third kappa shape index (κ3) is 3.30.